The van der Waals surface area contributed by atoms with Gasteiger partial charge in [-0.2, -0.15) is 0 Å². The van der Waals surface area contributed by atoms with Crippen LogP contribution in [0.25, 0.3) is 0 Å². The monoisotopic (exact) mass is 190 g/mol. The highest BCUT2D eigenvalue weighted by atomic mass is 16.1. The van der Waals surface area contributed by atoms with Crippen LogP contribution in [0.15, 0.2) is 18.5 Å². The Bertz CT molecular complexity index is 338. The van der Waals surface area contributed by atoms with E-state index in [0.29, 0.717) is 11.6 Å². The molecule has 1 saturated heterocycles. The molecule has 1 fully saturated rings. The van der Waals surface area contributed by atoms with E-state index in [2.05, 4.69) is 16.9 Å². The van der Waals surface area contributed by atoms with Gasteiger partial charge in [0.1, 0.15) is 0 Å². The summed E-state index contributed by atoms with van der Waals surface area (Å²) < 4.78 is 0. The third-order valence-electron chi connectivity index (χ3n) is 2.82. The summed E-state index contributed by atoms with van der Waals surface area (Å²) in [5.41, 5.74) is 1.83. The van der Waals surface area contributed by atoms with E-state index in [1.807, 2.05) is 12.3 Å². The lowest BCUT2D eigenvalue weighted by Gasteiger charge is -2.19. The highest BCUT2D eigenvalue weighted by molar-refractivity contribution is 5.74. The van der Waals surface area contributed by atoms with Crippen LogP contribution in [0.5, 0.6) is 0 Å². The van der Waals surface area contributed by atoms with Gasteiger partial charge >= 0.3 is 0 Å². The fraction of sp³-hybridized carbons (Fsp3) is 0.455. The Morgan fingerprint density at radius 2 is 2.43 bits per heavy atom. The summed E-state index contributed by atoms with van der Waals surface area (Å²) in [5, 5.41) is 0. The van der Waals surface area contributed by atoms with Crippen LogP contribution in [0.4, 0.5) is 0 Å². The van der Waals surface area contributed by atoms with Crippen molar-refractivity contribution in [2.75, 3.05) is 13.6 Å². The molecule has 0 radical (unpaired) electrons. The van der Waals surface area contributed by atoms with Gasteiger partial charge in [-0.1, -0.05) is 0 Å². The van der Waals surface area contributed by atoms with Crippen molar-refractivity contribution in [1.29, 1.82) is 0 Å². The summed E-state index contributed by atoms with van der Waals surface area (Å²) in [5.74, 6) is 0. The molecular weight excluding hydrogens is 176 g/mol. The van der Waals surface area contributed by atoms with Crippen LogP contribution in [0.2, 0.25) is 0 Å². The lowest BCUT2D eigenvalue weighted by Crippen LogP contribution is -2.17. The topological polar surface area (TPSA) is 33.2 Å². The molecular formula is C11H14N2O. The van der Waals surface area contributed by atoms with Crippen molar-refractivity contribution in [3.8, 4) is 0 Å². The van der Waals surface area contributed by atoms with Gasteiger partial charge in [-0.25, -0.2) is 0 Å². The highest BCUT2D eigenvalue weighted by Crippen LogP contribution is 2.29. The fourth-order valence-electron chi connectivity index (χ4n) is 2.05. The zero-order valence-electron chi connectivity index (χ0n) is 8.31. The Kier molecular flexibility index (Phi) is 2.59. The summed E-state index contributed by atoms with van der Waals surface area (Å²) in [4.78, 5) is 17.0. The number of carbonyl (C=O) groups is 1. The van der Waals surface area contributed by atoms with Gasteiger partial charge in [0.2, 0.25) is 0 Å². The standard InChI is InChI=1S/C11H14N2O/c1-13-4-2-3-11(13)10-5-9(8-14)6-12-7-10/h5-8,11H,2-4H2,1H3/t11-/m1/s1. The fourth-order valence-corrected chi connectivity index (χ4v) is 2.05. The SMILES string of the molecule is CN1CCC[C@@H]1c1cncc(C=O)c1. The largest absolute Gasteiger partial charge is 0.299 e. The van der Waals surface area contributed by atoms with E-state index in [9.17, 15) is 4.79 Å². The summed E-state index contributed by atoms with van der Waals surface area (Å²) in [6, 6.07) is 2.38. The van der Waals surface area contributed by atoms with Crippen molar-refractivity contribution >= 4 is 6.29 Å². The average Bonchev–Trinajstić information content (AvgIpc) is 2.65. The van der Waals surface area contributed by atoms with Gasteiger partial charge in [0.05, 0.1) is 0 Å². The van der Waals surface area contributed by atoms with E-state index < -0.39 is 0 Å². The minimum Gasteiger partial charge on any atom is -0.299 e. The maximum absolute atomic E-state index is 10.6. The molecule has 0 spiro atoms. The molecule has 0 aliphatic carbocycles. The summed E-state index contributed by atoms with van der Waals surface area (Å²) in [7, 11) is 2.12. The van der Waals surface area contributed by atoms with E-state index in [0.717, 1.165) is 18.4 Å². The predicted octanol–water partition coefficient (Wildman–Crippen LogP) is 1.66. The van der Waals surface area contributed by atoms with E-state index in [1.165, 1.54) is 12.8 Å². The zero-order chi connectivity index (χ0) is 9.97. The zero-order valence-corrected chi connectivity index (χ0v) is 8.31. The molecule has 0 aromatic carbocycles. The number of hydrogen-bond acceptors (Lipinski definition) is 3. The Morgan fingerprint density at radius 3 is 3.07 bits per heavy atom. The maximum Gasteiger partial charge on any atom is 0.151 e. The molecule has 74 valence electrons. The molecule has 0 bridgehead atoms. The molecule has 0 N–H and O–H groups in total. The Hall–Kier alpha value is -1.22. The van der Waals surface area contributed by atoms with Gasteiger partial charge in [0.25, 0.3) is 0 Å². The second-order valence-corrected chi connectivity index (χ2v) is 3.81. The summed E-state index contributed by atoms with van der Waals surface area (Å²) in [6.45, 7) is 1.13. The van der Waals surface area contributed by atoms with Gasteiger partial charge < -0.3 is 0 Å². The lowest BCUT2D eigenvalue weighted by molar-refractivity contribution is 0.112. The average molecular weight is 190 g/mol. The van der Waals surface area contributed by atoms with Crippen molar-refractivity contribution in [1.82, 2.24) is 9.88 Å². The van der Waals surface area contributed by atoms with Gasteiger partial charge in [-0.05, 0) is 38.1 Å². The van der Waals surface area contributed by atoms with Crippen LogP contribution in [0.3, 0.4) is 0 Å². The van der Waals surface area contributed by atoms with E-state index in [1.54, 1.807) is 6.20 Å². The Morgan fingerprint density at radius 1 is 1.57 bits per heavy atom. The molecule has 0 amide bonds. The molecule has 1 aromatic heterocycles. The first-order chi connectivity index (χ1) is 6.81. The Balaban J connectivity index is 2.26. The third kappa shape index (κ3) is 1.68. The van der Waals surface area contributed by atoms with Crippen molar-refractivity contribution in [2.24, 2.45) is 0 Å². The number of rotatable bonds is 2. The number of pyridine rings is 1. The minimum atomic E-state index is 0.447. The van der Waals surface area contributed by atoms with Crippen LogP contribution in [-0.4, -0.2) is 29.8 Å². The van der Waals surface area contributed by atoms with Crippen LogP contribution >= 0.6 is 0 Å². The number of likely N-dealkylation sites (tertiary alicyclic amines) is 1. The van der Waals surface area contributed by atoms with Gasteiger partial charge in [-0.15, -0.1) is 0 Å². The number of carbonyl (C=O) groups excluding carboxylic acids is 1. The van der Waals surface area contributed by atoms with Crippen LogP contribution in [0.1, 0.15) is 34.8 Å². The molecule has 2 heterocycles. The maximum atomic E-state index is 10.6. The molecule has 0 unspecified atom stereocenters. The van der Waals surface area contributed by atoms with Crippen LogP contribution in [-0.2, 0) is 0 Å². The van der Waals surface area contributed by atoms with E-state index >= 15 is 0 Å². The summed E-state index contributed by atoms with van der Waals surface area (Å²) in [6.07, 6.45) is 6.71. The molecule has 0 saturated carbocycles. The molecule has 14 heavy (non-hydrogen) atoms. The van der Waals surface area contributed by atoms with Gasteiger partial charge in [0.15, 0.2) is 6.29 Å². The molecule has 2 rings (SSSR count). The Labute approximate surface area is 83.8 Å². The normalized spacial score (nSPS) is 22.5. The molecule has 1 atom stereocenters. The number of nitrogens with zero attached hydrogens (tertiary/aromatic N) is 2. The highest BCUT2D eigenvalue weighted by Gasteiger charge is 2.22. The molecule has 1 aliphatic heterocycles. The van der Waals surface area contributed by atoms with E-state index in [4.69, 9.17) is 0 Å². The van der Waals surface area contributed by atoms with Gasteiger partial charge in [0, 0.05) is 24.0 Å². The van der Waals surface area contributed by atoms with Crippen LogP contribution < -0.4 is 0 Å². The van der Waals surface area contributed by atoms with Crippen molar-refractivity contribution in [2.45, 2.75) is 18.9 Å². The predicted molar refractivity (Wildman–Crippen MR) is 54.2 cm³/mol. The quantitative estimate of drug-likeness (QED) is 0.665. The number of aldehydes is 1. The molecule has 1 aliphatic rings. The van der Waals surface area contributed by atoms with Crippen molar-refractivity contribution < 1.29 is 4.79 Å². The third-order valence-corrected chi connectivity index (χ3v) is 2.82. The first kappa shape index (κ1) is 9.34. The number of hydrogen-bond donors (Lipinski definition) is 0. The number of aromatic nitrogens is 1. The van der Waals surface area contributed by atoms with Crippen LogP contribution in [0, 0.1) is 0 Å². The first-order valence-electron chi connectivity index (χ1n) is 4.91. The molecule has 3 nitrogen and oxygen atoms in total. The first-order valence-corrected chi connectivity index (χ1v) is 4.91. The van der Waals surface area contributed by atoms with Crippen molar-refractivity contribution in [3.63, 3.8) is 0 Å². The summed E-state index contributed by atoms with van der Waals surface area (Å²) >= 11 is 0. The van der Waals surface area contributed by atoms with Gasteiger partial charge in [-0.3, -0.25) is 14.7 Å². The molecule has 1 aromatic rings. The van der Waals surface area contributed by atoms with E-state index in [-0.39, 0.29) is 0 Å². The second kappa shape index (κ2) is 3.88. The lowest BCUT2D eigenvalue weighted by atomic mass is 10.1. The molecule has 3 heteroatoms. The minimum absolute atomic E-state index is 0.447. The second-order valence-electron chi connectivity index (χ2n) is 3.81. The smallest absolute Gasteiger partial charge is 0.151 e. The van der Waals surface area contributed by atoms with Crippen molar-refractivity contribution in [3.05, 3.63) is 29.6 Å².